The molecule has 5 heteroatoms. The lowest BCUT2D eigenvalue weighted by atomic mass is 10.1. The van der Waals surface area contributed by atoms with E-state index in [0.717, 1.165) is 12.8 Å². The second-order valence-electron chi connectivity index (χ2n) is 5.26. The van der Waals surface area contributed by atoms with Crippen molar-refractivity contribution >= 4 is 5.91 Å². The summed E-state index contributed by atoms with van der Waals surface area (Å²) in [7, 11) is 0. The third-order valence-electron chi connectivity index (χ3n) is 3.41. The predicted octanol–water partition coefficient (Wildman–Crippen LogP) is 2.67. The van der Waals surface area contributed by atoms with Crippen LogP contribution in [0, 0.1) is 11.6 Å². The van der Waals surface area contributed by atoms with Crippen LogP contribution in [0.3, 0.4) is 0 Å². The Morgan fingerprint density at radius 3 is 2.60 bits per heavy atom. The molecule has 1 fully saturated rings. The van der Waals surface area contributed by atoms with Crippen LogP contribution in [0.1, 0.15) is 44.2 Å². The lowest BCUT2D eigenvalue weighted by molar-refractivity contribution is -0.121. The summed E-state index contributed by atoms with van der Waals surface area (Å²) in [4.78, 5) is 11.5. The molecule has 3 nitrogen and oxygen atoms in total. The molecular weight excluding hydrogens is 262 g/mol. The molecule has 0 radical (unpaired) electrons. The van der Waals surface area contributed by atoms with Crippen LogP contribution in [0.2, 0.25) is 0 Å². The molecule has 1 saturated carbocycles. The number of nitrogens with one attached hydrogen (secondary N) is 2. The summed E-state index contributed by atoms with van der Waals surface area (Å²) in [5, 5.41) is 5.95. The van der Waals surface area contributed by atoms with Gasteiger partial charge in [0.25, 0.3) is 0 Å². The average molecular weight is 282 g/mol. The van der Waals surface area contributed by atoms with Crippen LogP contribution >= 0.6 is 0 Å². The van der Waals surface area contributed by atoms with Gasteiger partial charge in [0.1, 0.15) is 11.6 Å². The number of halogens is 2. The monoisotopic (exact) mass is 282 g/mol. The summed E-state index contributed by atoms with van der Waals surface area (Å²) < 4.78 is 27.1. The Balaban J connectivity index is 1.71. The van der Waals surface area contributed by atoms with Gasteiger partial charge < -0.3 is 10.6 Å². The molecule has 1 unspecified atom stereocenters. The van der Waals surface area contributed by atoms with E-state index in [4.69, 9.17) is 0 Å². The number of hydrogen-bond donors (Lipinski definition) is 2. The zero-order chi connectivity index (χ0) is 14.5. The highest BCUT2D eigenvalue weighted by molar-refractivity contribution is 5.76. The van der Waals surface area contributed by atoms with Gasteiger partial charge in [0.05, 0.1) is 0 Å². The lowest BCUT2D eigenvalue weighted by Crippen LogP contribution is -2.27. The highest BCUT2D eigenvalue weighted by Gasteiger charge is 2.22. The van der Waals surface area contributed by atoms with Crippen molar-refractivity contribution in [3.8, 4) is 0 Å². The molecule has 1 amide bonds. The third-order valence-corrected chi connectivity index (χ3v) is 3.41. The minimum Gasteiger partial charge on any atom is -0.353 e. The molecule has 1 aromatic rings. The highest BCUT2D eigenvalue weighted by atomic mass is 19.1. The zero-order valence-corrected chi connectivity index (χ0v) is 11.6. The maximum absolute atomic E-state index is 13.5. The number of carbonyl (C=O) groups is 1. The van der Waals surface area contributed by atoms with Crippen LogP contribution in [0.5, 0.6) is 0 Å². The second-order valence-corrected chi connectivity index (χ2v) is 5.26. The van der Waals surface area contributed by atoms with Crippen LogP contribution in [-0.4, -0.2) is 18.5 Å². The lowest BCUT2D eigenvalue weighted by Gasteiger charge is -2.15. The summed E-state index contributed by atoms with van der Waals surface area (Å²) in [6, 6.07) is 3.81. The van der Waals surface area contributed by atoms with Gasteiger partial charge in [0.2, 0.25) is 5.91 Å². The predicted molar refractivity (Wildman–Crippen MR) is 73.2 cm³/mol. The van der Waals surface area contributed by atoms with Gasteiger partial charge in [0.15, 0.2) is 0 Å². The van der Waals surface area contributed by atoms with Crippen LogP contribution in [0.15, 0.2) is 18.2 Å². The molecule has 2 N–H and O–H groups in total. The van der Waals surface area contributed by atoms with Crippen molar-refractivity contribution in [1.29, 1.82) is 0 Å². The van der Waals surface area contributed by atoms with Crippen LogP contribution < -0.4 is 10.6 Å². The molecule has 20 heavy (non-hydrogen) atoms. The maximum atomic E-state index is 13.5. The van der Waals surface area contributed by atoms with Crippen molar-refractivity contribution in [2.45, 2.75) is 44.7 Å². The molecule has 0 saturated heterocycles. The maximum Gasteiger partial charge on any atom is 0.220 e. The summed E-state index contributed by atoms with van der Waals surface area (Å²) in [5.41, 5.74) is 0.0509. The summed E-state index contributed by atoms with van der Waals surface area (Å²) in [5.74, 6) is -1.04. The SMILES string of the molecule is CC(NCCCC(=O)NC1CC1)c1c(F)cccc1F. The van der Waals surface area contributed by atoms with Gasteiger partial charge in [-0.2, -0.15) is 0 Å². The topological polar surface area (TPSA) is 41.1 Å². The van der Waals surface area contributed by atoms with Crippen molar-refractivity contribution < 1.29 is 13.6 Å². The van der Waals surface area contributed by atoms with Crippen LogP contribution in [-0.2, 0) is 4.79 Å². The standard InChI is InChI=1S/C15H20F2N2O/c1-10(15-12(16)4-2-5-13(15)17)18-9-3-6-14(20)19-11-7-8-11/h2,4-5,10-11,18H,3,6-9H2,1H3,(H,19,20). The normalized spacial score (nSPS) is 15.9. The highest BCUT2D eigenvalue weighted by Crippen LogP contribution is 2.20. The van der Waals surface area contributed by atoms with Gasteiger partial charge in [-0.3, -0.25) is 4.79 Å². The quantitative estimate of drug-likeness (QED) is 0.755. The van der Waals surface area contributed by atoms with Gasteiger partial charge in [-0.15, -0.1) is 0 Å². The first-order chi connectivity index (χ1) is 9.58. The van der Waals surface area contributed by atoms with Crippen molar-refractivity contribution in [2.75, 3.05) is 6.54 Å². The van der Waals surface area contributed by atoms with Crippen LogP contribution in [0.25, 0.3) is 0 Å². The Morgan fingerprint density at radius 2 is 2.00 bits per heavy atom. The Kier molecular flexibility index (Phi) is 5.06. The Labute approximate surface area is 117 Å². The van der Waals surface area contributed by atoms with E-state index in [-0.39, 0.29) is 11.5 Å². The average Bonchev–Trinajstić information content (AvgIpc) is 3.18. The van der Waals surface area contributed by atoms with E-state index in [1.54, 1.807) is 6.92 Å². The summed E-state index contributed by atoms with van der Waals surface area (Å²) >= 11 is 0. The number of carbonyl (C=O) groups excluding carboxylic acids is 1. The fourth-order valence-electron chi connectivity index (χ4n) is 2.12. The molecule has 110 valence electrons. The molecule has 0 bridgehead atoms. The molecule has 0 aliphatic heterocycles. The molecule has 1 aliphatic carbocycles. The smallest absolute Gasteiger partial charge is 0.220 e. The molecule has 0 heterocycles. The minimum atomic E-state index is -0.545. The molecule has 2 rings (SSSR count). The number of benzene rings is 1. The molecule has 1 aliphatic rings. The molecular formula is C15H20F2N2O. The molecule has 1 aromatic carbocycles. The third kappa shape index (κ3) is 4.27. The van der Waals surface area contributed by atoms with E-state index < -0.39 is 17.7 Å². The van der Waals surface area contributed by atoms with Crippen molar-refractivity contribution in [1.82, 2.24) is 10.6 Å². The Hall–Kier alpha value is -1.49. The molecule has 0 aromatic heterocycles. The number of rotatable bonds is 7. The van der Waals surface area contributed by atoms with Crippen molar-refractivity contribution in [2.24, 2.45) is 0 Å². The molecule has 0 spiro atoms. The zero-order valence-electron chi connectivity index (χ0n) is 11.6. The van der Waals surface area contributed by atoms with Gasteiger partial charge in [0, 0.05) is 24.1 Å². The van der Waals surface area contributed by atoms with E-state index >= 15 is 0 Å². The second kappa shape index (κ2) is 6.79. The van der Waals surface area contributed by atoms with Gasteiger partial charge >= 0.3 is 0 Å². The number of amides is 1. The first-order valence-corrected chi connectivity index (χ1v) is 7.04. The summed E-state index contributed by atoms with van der Waals surface area (Å²) in [6.07, 6.45) is 3.25. The summed E-state index contributed by atoms with van der Waals surface area (Å²) in [6.45, 7) is 2.26. The van der Waals surface area contributed by atoms with Gasteiger partial charge in [-0.1, -0.05) is 6.07 Å². The molecule has 1 atom stereocenters. The van der Waals surface area contributed by atoms with E-state index in [9.17, 15) is 13.6 Å². The Morgan fingerprint density at radius 1 is 1.35 bits per heavy atom. The Bertz CT molecular complexity index is 455. The van der Waals surface area contributed by atoms with Crippen LogP contribution in [0.4, 0.5) is 8.78 Å². The first kappa shape index (κ1) is 14.9. The van der Waals surface area contributed by atoms with E-state index in [0.29, 0.717) is 25.4 Å². The van der Waals surface area contributed by atoms with E-state index in [1.807, 2.05) is 0 Å². The number of hydrogen-bond acceptors (Lipinski definition) is 2. The minimum absolute atomic E-state index is 0.0509. The van der Waals surface area contributed by atoms with Crippen molar-refractivity contribution in [3.63, 3.8) is 0 Å². The van der Waals surface area contributed by atoms with E-state index in [1.165, 1.54) is 18.2 Å². The first-order valence-electron chi connectivity index (χ1n) is 7.04. The fourth-order valence-corrected chi connectivity index (χ4v) is 2.12. The van der Waals surface area contributed by atoms with Gasteiger partial charge in [-0.05, 0) is 44.9 Å². The fraction of sp³-hybridized carbons (Fsp3) is 0.533. The van der Waals surface area contributed by atoms with Crippen molar-refractivity contribution in [3.05, 3.63) is 35.4 Å². The van der Waals surface area contributed by atoms with Gasteiger partial charge in [-0.25, -0.2) is 8.78 Å². The van der Waals surface area contributed by atoms with E-state index in [2.05, 4.69) is 10.6 Å². The largest absolute Gasteiger partial charge is 0.353 e.